The lowest BCUT2D eigenvalue weighted by atomic mass is 10.0. The molecule has 1 aromatic carbocycles. The van der Waals surface area contributed by atoms with Crippen molar-refractivity contribution in [1.29, 1.82) is 5.26 Å². The van der Waals surface area contributed by atoms with Crippen LogP contribution in [-0.2, 0) is 0 Å². The molecule has 0 saturated heterocycles. The maximum atomic E-state index is 12.5. The summed E-state index contributed by atoms with van der Waals surface area (Å²) in [5, 5.41) is 17.3. The summed E-state index contributed by atoms with van der Waals surface area (Å²) in [5.41, 5.74) is -1.61. The highest BCUT2D eigenvalue weighted by Crippen LogP contribution is 2.30. The number of hydrogen-bond acceptors (Lipinski definition) is 3. The van der Waals surface area contributed by atoms with Crippen molar-refractivity contribution >= 4 is 18.6 Å². The number of benzene rings is 1. The van der Waals surface area contributed by atoms with Crippen molar-refractivity contribution < 1.29 is 18.7 Å². The topological polar surface area (TPSA) is 61.1 Å². The van der Waals surface area contributed by atoms with Gasteiger partial charge in [0.25, 0.3) is 6.43 Å². The fourth-order valence-electron chi connectivity index (χ4n) is 1.13. The Bertz CT molecular complexity index is 454. The minimum Gasteiger partial charge on any atom is -0.478 e. The van der Waals surface area contributed by atoms with Crippen molar-refractivity contribution in [1.82, 2.24) is 0 Å². The first-order valence-corrected chi connectivity index (χ1v) is 4.21. The number of alkyl halides is 2. The monoisotopic (exact) mass is 229 g/mol. The summed E-state index contributed by atoms with van der Waals surface area (Å²) in [4.78, 5) is 10.6. The van der Waals surface area contributed by atoms with Gasteiger partial charge in [0.15, 0.2) is 0 Å². The van der Waals surface area contributed by atoms with Gasteiger partial charge in [-0.15, -0.1) is 12.6 Å². The van der Waals surface area contributed by atoms with E-state index in [0.29, 0.717) is 0 Å². The first-order chi connectivity index (χ1) is 6.99. The van der Waals surface area contributed by atoms with Crippen LogP contribution in [0.25, 0.3) is 0 Å². The summed E-state index contributed by atoms with van der Waals surface area (Å²) in [6.07, 6.45) is -2.92. The number of nitrogens with zero attached hydrogens (tertiary/aromatic N) is 1. The summed E-state index contributed by atoms with van der Waals surface area (Å²) in [7, 11) is 0. The summed E-state index contributed by atoms with van der Waals surface area (Å²) >= 11 is 3.75. The van der Waals surface area contributed by atoms with E-state index in [1.54, 1.807) is 0 Å². The molecule has 0 aliphatic heterocycles. The number of carboxylic acid groups (broad SMARTS) is 1. The van der Waals surface area contributed by atoms with Gasteiger partial charge in [0.2, 0.25) is 0 Å². The number of hydrogen-bond donors (Lipinski definition) is 2. The molecule has 0 radical (unpaired) electrons. The van der Waals surface area contributed by atoms with Crippen LogP contribution in [0.15, 0.2) is 17.0 Å². The Morgan fingerprint density at radius 2 is 2.13 bits per heavy atom. The van der Waals surface area contributed by atoms with Gasteiger partial charge in [-0.2, -0.15) is 5.26 Å². The van der Waals surface area contributed by atoms with Gasteiger partial charge in [-0.25, -0.2) is 13.6 Å². The molecule has 0 bridgehead atoms. The molecule has 0 saturated carbocycles. The van der Waals surface area contributed by atoms with Crippen LogP contribution in [0.2, 0.25) is 0 Å². The van der Waals surface area contributed by atoms with Gasteiger partial charge in [-0.1, -0.05) is 0 Å². The smallest absolute Gasteiger partial charge is 0.337 e. The minimum atomic E-state index is -2.92. The molecule has 1 aromatic rings. The first-order valence-electron chi connectivity index (χ1n) is 3.76. The molecule has 0 atom stereocenters. The predicted octanol–water partition coefficient (Wildman–Crippen LogP) is 2.48. The van der Waals surface area contributed by atoms with Crippen molar-refractivity contribution in [2.24, 2.45) is 0 Å². The second kappa shape index (κ2) is 4.28. The van der Waals surface area contributed by atoms with E-state index in [4.69, 9.17) is 10.4 Å². The predicted molar refractivity (Wildman–Crippen MR) is 50.3 cm³/mol. The summed E-state index contributed by atoms with van der Waals surface area (Å²) in [6, 6.07) is 3.67. The van der Waals surface area contributed by atoms with Crippen molar-refractivity contribution in [3.05, 3.63) is 28.8 Å². The van der Waals surface area contributed by atoms with E-state index in [-0.39, 0.29) is 4.90 Å². The second-order valence-electron chi connectivity index (χ2n) is 2.64. The molecule has 6 heteroatoms. The normalized spacial score (nSPS) is 10.1. The largest absolute Gasteiger partial charge is 0.478 e. The first kappa shape index (κ1) is 11.5. The molecule has 78 valence electrons. The van der Waals surface area contributed by atoms with E-state index in [0.717, 1.165) is 12.1 Å². The Morgan fingerprint density at radius 3 is 2.53 bits per heavy atom. The Labute approximate surface area is 89.4 Å². The number of aromatic carboxylic acids is 1. The number of thiol groups is 1. The molecule has 1 rings (SSSR count). The third kappa shape index (κ3) is 2.07. The highest BCUT2D eigenvalue weighted by molar-refractivity contribution is 7.80. The number of nitriles is 1. The van der Waals surface area contributed by atoms with E-state index in [9.17, 15) is 13.6 Å². The number of carboxylic acids is 1. The lowest BCUT2D eigenvalue weighted by Gasteiger charge is -2.08. The van der Waals surface area contributed by atoms with Crippen LogP contribution in [0, 0.1) is 11.3 Å². The van der Waals surface area contributed by atoms with Crippen LogP contribution in [-0.4, -0.2) is 11.1 Å². The SMILES string of the molecule is N#Cc1c(C(=O)O)ccc(S)c1C(F)F. The zero-order valence-electron chi connectivity index (χ0n) is 7.24. The summed E-state index contributed by atoms with van der Waals surface area (Å²) < 4.78 is 25.1. The molecule has 0 amide bonds. The van der Waals surface area contributed by atoms with E-state index in [1.807, 2.05) is 0 Å². The Morgan fingerprint density at radius 1 is 1.53 bits per heavy atom. The lowest BCUT2D eigenvalue weighted by Crippen LogP contribution is -2.04. The van der Waals surface area contributed by atoms with Crippen LogP contribution < -0.4 is 0 Å². The van der Waals surface area contributed by atoms with E-state index in [2.05, 4.69) is 12.6 Å². The Balaban J connectivity index is 3.56. The molecular formula is C9H5F2NO2S. The third-order valence-electron chi connectivity index (χ3n) is 1.78. The van der Waals surface area contributed by atoms with Gasteiger partial charge in [-0.3, -0.25) is 0 Å². The van der Waals surface area contributed by atoms with Crippen molar-refractivity contribution in [2.75, 3.05) is 0 Å². The van der Waals surface area contributed by atoms with Gasteiger partial charge >= 0.3 is 5.97 Å². The van der Waals surface area contributed by atoms with Crippen LogP contribution in [0.3, 0.4) is 0 Å². The highest BCUT2D eigenvalue weighted by Gasteiger charge is 2.22. The quantitative estimate of drug-likeness (QED) is 0.766. The molecule has 3 nitrogen and oxygen atoms in total. The molecule has 0 aromatic heterocycles. The third-order valence-corrected chi connectivity index (χ3v) is 2.17. The van der Waals surface area contributed by atoms with Gasteiger partial charge in [0, 0.05) is 10.5 Å². The average molecular weight is 229 g/mol. The fraction of sp³-hybridized carbons (Fsp3) is 0.111. The highest BCUT2D eigenvalue weighted by atomic mass is 32.1. The van der Waals surface area contributed by atoms with Crippen LogP contribution in [0.5, 0.6) is 0 Å². The molecule has 0 heterocycles. The maximum Gasteiger partial charge on any atom is 0.337 e. The zero-order valence-corrected chi connectivity index (χ0v) is 8.13. The Hall–Kier alpha value is -1.61. The van der Waals surface area contributed by atoms with Crippen molar-refractivity contribution in [3.8, 4) is 6.07 Å². The Kier molecular flexibility index (Phi) is 3.27. The molecule has 0 unspecified atom stereocenters. The van der Waals surface area contributed by atoms with E-state index in [1.165, 1.54) is 6.07 Å². The van der Waals surface area contributed by atoms with Gasteiger partial charge in [0.05, 0.1) is 11.1 Å². The molecule has 15 heavy (non-hydrogen) atoms. The van der Waals surface area contributed by atoms with Crippen LogP contribution in [0.4, 0.5) is 8.78 Å². The van der Waals surface area contributed by atoms with Crippen LogP contribution in [0.1, 0.15) is 27.9 Å². The number of carbonyl (C=O) groups is 1. The van der Waals surface area contributed by atoms with Crippen molar-refractivity contribution in [3.63, 3.8) is 0 Å². The average Bonchev–Trinajstić information content (AvgIpc) is 2.15. The second-order valence-corrected chi connectivity index (χ2v) is 3.12. The molecule has 0 fully saturated rings. The van der Waals surface area contributed by atoms with Gasteiger partial charge < -0.3 is 5.11 Å². The molecular weight excluding hydrogens is 224 g/mol. The number of halogens is 2. The number of rotatable bonds is 2. The zero-order chi connectivity index (χ0) is 11.6. The fourth-order valence-corrected chi connectivity index (χ4v) is 1.41. The van der Waals surface area contributed by atoms with E-state index >= 15 is 0 Å². The molecule has 0 spiro atoms. The minimum absolute atomic E-state index is 0.0912. The molecule has 1 N–H and O–H groups in total. The lowest BCUT2D eigenvalue weighted by molar-refractivity contribution is 0.0696. The molecule has 0 aliphatic rings. The van der Waals surface area contributed by atoms with Crippen molar-refractivity contribution in [2.45, 2.75) is 11.3 Å². The standard InChI is InChI=1S/C9H5F2NO2S/c10-8(11)7-5(3-12)4(9(13)14)1-2-6(7)15/h1-2,8,15H,(H,13,14). The summed E-state index contributed by atoms with van der Waals surface area (Å²) in [5.74, 6) is -1.42. The van der Waals surface area contributed by atoms with Crippen LogP contribution >= 0.6 is 12.6 Å². The molecule has 0 aliphatic carbocycles. The van der Waals surface area contributed by atoms with E-state index < -0.39 is 29.1 Å². The maximum absolute atomic E-state index is 12.5. The van der Waals surface area contributed by atoms with Gasteiger partial charge in [0.1, 0.15) is 6.07 Å². The van der Waals surface area contributed by atoms with Gasteiger partial charge in [-0.05, 0) is 12.1 Å². The summed E-state index contributed by atoms with van der Waals surface area (Å²) in [6.45, 7) is 0.